The second kappa shape index (κ2) is 7.69. The van der Waals surface area contributed by atoms with E-state index >= 15 is 0 Å². The summed E-state index contributed by atoms with van der Waals surface area (Å²) in [7, 11) is 0. The second-order valence-corrected chi connectivity index (χ2v) is 6.56. The molecular weight excluding hydrogens is 403 g/mol. The van der Waals surface area contributed by atoms with E-state index in [-0.39, 0.29) is 6.61 Å². The van der Waals surface area contributed by atoms with Crippen molar-refractivity contribution < 1.29 is 29.6 Å². The molecule has 0 saturated carbocycles. The van der Waals surface area contributed by atoms with Gasteiger partial charge in [-0.15, -0.1) is 0 Å². The predicted octanol–water partition coefficient (Wildman–Crippen LogP) is 0.247. The molecule has 1 aliphatic rings. The Balaban J connectivity index is 2.05. The van der Waals surface area contributed by atoms with Crippen molar-refractivity contribution in [1.29, 1.82) is 0 Å². The third-order valence-corrected chi connectivity index (χ3v) is 4.33. The second-order valence-electron chi connectivity index (χ2n) is 5.32. The first-order valence-electron chi connectivity index (χ1n) is 6.96. The summed E-state index contributed by atoms with van der Waals surface area (Å²) in [4.78, 5) is 10.9. The van der Waals surface area contributed by atoms with Gasteiger partial charge < -0.3 is 24.8 Å². The highest BCUT2D eigenvalue weighted by atomic mass is 127. The van der Waals surface area contributed by atoms with Crippen LogP contribution in [0.1, 0.15) is 12.5 Å². The van der Waals surface area contributed by atoms with Crippen LogP contribution in [0.5, 0.6) is 0 Å². The average Bonchev–Trinajstić information content (AvgIpc) is 2.48. The van der Waals surface area contributed by atoms with Crippen LogP contribution in [0.2, 0.25) is 0 Å². The zero-order valence-electron chi connectivity index (χ0n) is 12.1. The van der Waals surface area contributed by atoms with Gasteiger partial charge in [0, 0.05) is 16.9 Å². The molecular formula is C15H19IO6. The SMILES string of the molecule is CC(=O)OC[C@H]1O[C@H](Cc2ccc(I)cc2)[C@@H](O)[C@@H](O)[C@@H]1O. The summed E-state index contributed by atoms with van der Waals surface area (Å²) in [6, 6.07) is 7.70. The van der Waals surface area contributed by atoms with Crippen LogP contribution in [0.25, 0.3) is 0 Å². The summed E-state index contributed by atoms with van der Waals surface area (Å²) in [6.45, 7) is 1.09. The Labute approximate surface area is 142 Å². The molecule has 3 N–H and O–H groups in total. The molecule has 122 valence electrons. The normalized spacial score (nSPS) is 31.8. The van der Waals surface area contributed by atoms with Crippen molar-refractivity contribution in [2.45, 2.75) is 43.9 Å². The van der Waals surface area contributed by atoms with Gasteiger partial charge in [0.15, 0.2) is 0 Å². The van der Waals surface area contributed by atoms with Crippen LogP contribution < -0.4 is 0 Å². The summed E-state index contributed by atoms with van der Waals surface area (Å²) < 4.78 is 11.6. The van der Waals surface area contributed by atoms with E-state index in [2.05, 4.69) is 22.6 Å². The lowest BCUT2D eigenvalue weighted by Gasteiger charge is -2.40. The molecule has 0 aromatic heterocycles. The molecule has 7 heteroatoms. The van der Waals surface area contributed by atoms with Gasteiger partial charge in [0.25, 0.3) is 0 Å². The van der Waals surface area contributed by atoms with Gasteiger partial charge in [-0.05, 0) is 40.3 Å². The number of esters is 1. The van der Waals surface area contributed by atoms with Gasteiger partial charge in [0.1, 0.15) is 31.0 Å². The Morgan fingerprint density at radius 1 is 1.14 bits per heavy atom. The number of carbonyl (C=O) groups is 1. The van der Waals surface area contributed by atoms with Crippen LogP contribution in [-0.2, 0) is 20.7 Å². The first-order chi connectivity index (χ1) is 10.4. The van der Waals surface area contributed by atoms with Crippen LogP contribution >= 0.6 is 22.6 Å². The number of aliphatic hydroxyl groups is 3. The summed E-state index contributed by atoms with van der Waals surface area (Å²) >= 11 is 2.20. The third-order valence-electron chi connectivity index (χ3n) is 3.61. The highest BCUT2D eigenvalue weighted by Crippen LogP contribution is 2.24. The Morgan fingerprint density at radius 2 is 1.73 bits per heavy atom. The van der Waals surface area contributed by atoms with E-state index in [0.717, 1.165) is 9.13 Å². The average molecular weight is 422 g/mol. The fraction of sp³-hybridized carbons (Fsp3) is 0.533. The number of hydrogen-bond donors (Lipinski definition) is 3. The van der Waals surface area contributed by atoms with Crippen molar-refractivity contribution in [3.05, 3.63) is 33.4 Å². The van der Waals surface area contributed by atoms with Gasteiger partial charge >= 0.3 is 5.97 Å². The predicted molar refractivity (Wildman–Crippen MR) is 86.2 cm³/mol. The molecule has 6 nitrogen and oxygen atoms in total. The molecule has 0 radical (unpaired) electrons. The number of ether oxygens (including phenoxy) is 2. The highest BCUT2D eigenvalue weighted by molar-refractivity contribution is 14.1. The number of aliphatic hydroxyl groups excluding tert-OH is 3. The molecule has 2 rings (SSSR count). The minimum absolute atomic E-state index is 0.163. The molecule has 22 heavy (non-hydrogen) atoms. The minimum atomic E-state index is -1.34. The third kappa shape index (κ3) is 4.39. The monoisotopic (exact) mass is 422 g/mol. The van der Waals surface area contributed by atoms with Gasteiger partial charge in [0.2, 0.25) is 0 Å². The van der Waals surface area contributed by atoms with Crippen molar-refractivity contribution in [2.75, 3.05) is 6.61 Å². The van der Waals surface area contributed by atoms with E-state index in [4.69, 9.17) is 9.47 Å². The number of carbonyl (C=O) groups excluding carboxylic acids is 1. The Kier molecular flexibility index (Phi) is 6.16. The molecule has 1 aromatic carbocycles. The number of hydrogen-bond acceptors (Lipinski definition) is 6. The molecule has 0 amide bonds. The first kappa shape index (κ1) is 17.6. The molecule has 0 unspecified atom stereocenters. The maximum Gasteiger partial charge on any atom is 0.302 e. The zero-order valence-corrected chi connectivity index (χ0v) is 14.2. The van der Waals surface area contributed by atoms with Gasteiger partial charge in [-0.2, -0.15) is 0 Å². The number of benzene rings is 1. The highest BCUT2D eigenvalue weighted by Gasteiger charge is 2.43. The van der Waals surface area contributed by atoms with E-state index in [1.54, 1.807) is 0 Å². The first-order valence-corrected chi connectivity index (χ1v) is 8.04. The van der Waals surface area contributed by atoms with Crippen molar-refractivity contribution in [3.63, 3.8) is 0 Å². The van der Waals surface area contributed by atoms with E-state index in [0.29, 0.717) is 6.42 Å². The Morgan fingerprint density at radius 3 is 2.32 bits per heavy atom. The van der Waals surface area contributed by atoms with Crippen LogP contribution in [0.3, 0.4) is 0 Å². The van der Waals surface area contributed by atoms with Crippen molar-refractivity contribution >= 4 is 28.6 Å². The fourth-order valence-electron chi connectivity index (χ4n) is 2.39. The number of halogens is 1. The molecule has 0 bridgehead atoms. The van der Waals surface area contributed by atoms with Crippen molar-refractivity contribution in [3.8, 4) is 0 Å². The van der Waals surface area contributed by atoms with E-state index < -0.39 is 36.5 Å². The largest absolute Gasteiger partial charge is 0.463 e. The lowest BCUT2D eigenvalue weighted by molar-refractivity contribution is -0.231. The quantitative estimate of drug-likeness (QED) is 0.476. The minimum Gasteiger partial charge on any atom is -0.463 e. The standard InChI is InChI=1S/C15H19IO6/c1-8(17)21-7-12-14(19)15(20)13(18)11(22-12)6-9-2-4-10(16)5-3-9/h2-5,11-15,18-20H,6-7H2,1H3/t11-,12-,13-,14-,15-/m1/s1. The van der Waals surface area contributed by atoms with Crippen molar-refractivity contribution in [2.24, 2.45) is 0 Å². The molecule has 1 aliphatic heterocycles. The fourth-order valence-corrected chi connectivity index (χ4v) is 2.75. The van der Waals surface area contributed by atoms with Gasteiger partial charge in [0.05, 0.1) is 6.10 Å². The Hall–Kier alpha value is -0.740. The summed E-state index contributed by atoms with van der Waals surface area (Å²) in [6.07, 6.45) is -5.01. The molecule has 1 saturated heterocycles. The number of rotatable bonds is 4. The topological polar surface area (TPSA) is 96.2 Å². The summed E-state index contributed by atoms with van der Waals surface area (Å²) in [5, 5.41) is 29.9. The van der Waals surface area contributed by atoms with Crippen LogP contribution in [-0.4, -0.2) is 58.4 Å². The van der Waals surface area contributed by atoms with Gasteiger partial charge in [-0.25, -0.2) is 0 Å². The lowest BCUT2D eigenvalue weighted by atomic mass is 9.91. The van der Waals surface area contributed by atoms with E-state index in [9.17, 15) is 20.1 Å². The Bertz CT molecular complexity index is 505. The van der Waals surface area contributed by atoms with Crippen LogP contribution in [0.15, 0.2) is 24.3 Å². The molecule has 1 heterocycles. The van der Waals surface area contributed by atoms with Crippen LogP contribution in [0.4, 0.5) is 0 Å². The molecule has 1 fully saturated rings. The van der Waals surface area contributed by atoms with Gasteiger partial charge in [-0.1, -0.05) is 12.1 Å². The maximum atomic E-state index is 10.9. The van der Waals surface area contributed by atoms with E-state index in [1.165, 1.54) is 6.92 Å². The van der Waals surface area contributed by atoms with Gasteiger partial charge in [-0.3, -0.25) is 4.79 Å². The molecule has 0 aliphatic carbocycles. The summed E-state index contributed by atoms with van der Waals surface area (Å²) in [5.74, 6) is -0.495. The summed E-state index contributed by atoms with van der Waals surface area (Å²) in [5.41, 5.74) is 0.944. The zero-order chi connectivity index (χ0) is 16.3. The smallest absolute Gasteiger partial charge is 0.302 e. The molecule has 1 aromatic rings. The van der Waals surface area contributed by atoms with Crippen molar-refractivity contribution in [1.82, 2.24) is 0 Å². The lowest BCUT2D eigenvalue weighted by Crippen LogP contribution is -2.59. The molecule has 0 spiro atoms. The van der Waals surface area contributed by atoms with Crippen LogP contribution in [0, 0.1) is 3.57 Å². The maximum absolute atomic E-state index is 10.9. The van der Waals surface area contributed by atoms with E-state index in [1.807, 2.05) is 24.3 Å². The molecule has 5 atom stereocenters.